The van der Waals surface area contributed by atoms with Crippen molar-refractivity contribution in [3.05, 3.63) is 59.7 Å². The van der Waals surface area contributed by atoms with Crippen molar-refractivity contribution in [3.8, 4) is 11.1 Å². The number of hydrogen-bond donors (Lipinski definition) is 2. The Hall–Kier alpha value is -3.35. The number of amides is 2. The fourth-order valence-corrected chi connectivity index (χ4v) is 5.70. The van der Waals surface area contributed by atoms with Crippen LogP contribution in [0.4, 0.5) is 4.79 Å². The van der Waals surface area contributed by atoms with Crippen molar-refractivity contribution < 1.29 is 24.2 Å². The van der Waals surface area contributed by atoms with E-state index in [1.54, 1.807) is 11.8 Å². The lowest BCUT2D eigenvalue weighted by molar-refractivity contribution is -0.140. The molecule has 1 unspecified atom stereocenters. The van der Waals surface area contributed by atoms with E-state index in [1.807, 2.05) is 31.2 Å². The Morgan fingerprint density at radius 1 is 1.06 bits per heavy atom. The fourth-order valence-electron chi connectivity index (χ4n) is 5.70. The molecule has 0 bridgehead atoms. The van der Waals surface area contributed by atoms with E-state index in [0.717, 1.165) is 19.3 Å². The zero-order chi connectivity index (χ0) is 24.9. The first-order chi connectivity index (χ1) is 16.9. The van der Waals surface area contributed by atoms with Crippen LogP contribution in [0.3, 0.4) is 0 Å². The van der Waals surface area contributed by atoms with Gasteiger partial charge in [0.25, 0.3) is 0 Å². The van der Waals surface area contributed by atoms with Gasteiger partial charge in [-0.3, -0.25) is 9.59 Å². The Bertz CT molecular complexity index is 1040. The van der Waals surface area contributed by atoms with Gasteiger partial charge in [-0.05, 0) is 54.9 Å². The van der Waals surface area contributed by atoms with Gasteiger partial charge in [-0.15, -0.1) is 0 Å². The van der Waals surface area contributed by atoms with Crippen molar-refractivity contribution in [1.82, 2.24) is 10.2 Å². The van der Waals surface area contributed by atoms with Gasteiger partial charge in [0.2, 0.25) is 5.91 Å². The summed E-state index contributed by atoms with van der Waals surface area (Å²) in [6, 6.07) is 16.0. The molecule has 2 aromatic carbocycles. The lowest BCUT2D eigenvalue weighted by Crippen LogP contribution is -2.43. The maximum atomic E-state index is 12.9. The summed E-state index contributed by atoms with van der Waals surface area (Å²) in [4.78, 5) is 38.3. The Balaban J connectivity index is 1.34. The van der Waals surface area contributed by atoms with Gasteiger partial charge in [0.1, 0.15) is 6.61 Å². The van der Waals surface area contributed by atoms with Gasteiger partial charge >= 0.3 is 12.1 Å². The van der Waals surface area contributed by atoms with E-state index in [9.17, 15) is 14.4 Å². The van der Waals surface area contributed by atoms with Gasteiger partial charge in [-0.25, -0.2) is 4.79 Å². The molecule has 3 atom stereocenters. The highest BCUT2D eigenvalue weighted by atomic mass is 16.5. The SMILES string of the molecule is CCN(C(=O)C[C@@H]1CCC[C@H]1NC(=O)OCC1c2ccccc2-c2ccccc21)C(C)CC(=O)O. The number of carbonyl (C=O) groups is 3. The molecule has 2 aromatic rings. The minimum absolute atomic E-state index is 0.00272. The Morgan fingerprint density at radius 2 is 1.69 bits per heavy atom. The predicted molar refractivity (Wildman–Crippen MR) is 133 cm³/mol. The smallest absolute Gasteiger partial charge is 0.407 e. The van der Waals surface area contributed by atoms with E-state index in [1.165, 1.54) is 22.3 Å². The average molecular weight is 479 g/mol. The Labute approximate surface area is 206 Å². The molecule has 35 heavy (non-hydrogen) atoms. The summed E-state index contributed by atoms with van der Waals surface area (Å²) in [5.41, 5.74) is 4.70. The molecule has 1 saturated carbocycles. The molecular weight excluding hydrogens is 444 g/mol. The van der Waals surface area contributed by atoms with Crippen LogP contribution in [0.5, 0.6) is 0 Å². The van der Waals surface area contributed by atoms with Crippen LogP contribution in [0.25, 0.3) is 11.1 Å². The number of benzene rings is 2. The van der Waals surface area contributed by atoms with Gasteiger partial charge in [0, 0.05) is 31.0 Å². The van der Waals surface area contributed by atoms with Gasteiger partial charge in [-0.1, -0.05) is 55.0 Å². The van der Waals surface area contributed by atoms with Crippen molar-refractivity contribution in [1.29, 1.82) is 0 Å². The highest BCUT2D eigenvalue weighted by Crippen LogP contribution is 2.44. The standard InChI is InChI=1S/C28H34N2O5/c1-3-30(18(2)15-27(32)33)26(31)16-19-9-8-14-25(19)29-28(34)35-17-24-22-12-6-4-10-20(22)21-11-5-7-13-23(21)24/h4-7,10-13,18-19,24-25H,3,8-9,14-17H2,1-2H3,(H,29,34)(H,32,33)/t18?,19-,25+/m0/s1. The highest BCUT2D eigenvalue weighted by Gasteiger charge is 2.34. The molecule has 186 valence electrons. The van der Waals surface area contributed by atoms with Crippen LogP contribution in [-0.2, 0) is 14.3 Å². The monoisotopic (exact) mass is 478 g/mol. The summed E-state index contributed by atoms with van der Waals surface area (Å²) in [6.45, 7) is 4.34. The molecule has 2 aliphatic rings. The number of nitrogens with one attached hydrogen (secondary N) is 1. The summed E-state index contributed by atoms with van der Waals surface area (Å²) in [6.07, 6.45) is 2.35. The first-order valence-electron chi connectivity index (χ1n) is 12.5. The van der Waals surface area contributed by atoms with Crippen LogP contribution in [0.2, 0.25) is 0 Å². The van der Waals surface area contributed by atoms with Crippen molar-refractivity contribution in [3.63, 3.8) is 0 Å². The number of carbonyl (C=O) groups excluding carboxylic acids is 2. The molecule has 1 fully saturated rings. The van der Waals surface area contributed by atoms with Gasteiger partial charge < -0.3 is 20.1 Å². The van der Waals surface area contributed by atoms with Crippen molar-refractivity contribution >= 4 is 18.0 Å². The maximum absolute atomic E-state index is 12.9. The van der Waals surface area contributed by atoms with Gasteiger partial charge in [0.05, 0.1) is 6.42 Å². The molecule has 0 radical (unpaired) electrons. The molecule has 2 amide bonds. The number of fused-ring (bicyclic) bond motifs is 3. The molecule has 4 rings (SSSR count). The summed E-state index contributed by atoms with van der Waals surface area (Å²) < 4.78 is 5.69. The number of ether oxygens (including phenoxy) is 1. The number of alkyl carbamates (subject to hydrolysis) is 1. The number of nitrogens with zero attached hydrogens (tertiary/aromatic N) is 1. The van der Waals surface area contributed by atoms with Gasteiger partial charge in [-0.2, -0.15) is 0 Å². The first kappa shape index (κ1) is 24.8. The van der Waals surface area contributed by atoms with E-state index in [0.29, 0.717) is 13.0 Å². The first-order valence-corrected chi connectivity index (χ1v) is 12.5. The molecule has 0 aliphatic heterocycles. The molecule has 7 heteroatoms. The number of carboxylic acid groups (broad SMARTS) is 1. The minimum atomic E-state index is -0.917. The zero-order valence-corrected chi connectivity index (χ0v) is 20.4. The molecular formula is C28H34N2O5. The van der Waals surface area contributed by atoms with E-state index in [4.69, 9.17) is 9.84 Å². The fraction of sp³-hybridized carbons (Fsp3) is 0.464. The number of aliphatic carboxylic acids is 1. The molecule has 0 aromatic heterocycles. The molecule has 0 spiro atoms. The van der Waals surface area contributed by atoms with Crippen molar-refractivity contribution in [2.75, 3.05) is 13.2 Å². The van der Waals surface area contributed by atoms with Crippen molar-refractivity contribution in [2.24, 2.45) is 5.92 Å². The minimum Gasteiger partial charge on any atom is -0.481 e. The van der Waals surface area contributed by atoms with Crippen LogP contribution in [0.15, 0.2) is 48.5 Å². The molecule has 2 N–H and O–H groups in total. The average Bonchev–Trinajstić information content (AvgIpc) is 3.39. The summed E-state index contributed by atoms with van der Waals surface area (Å²) in [5, 5.41) is 12.1. The topological polar surface area (TPSA) is 95.9 Å². The van der Waals surface area contributed by atoms with Crippen LogP contribution >= 0.6 is 0 Å². The number of rotatable bonds is 9. The Morgan fingerprint density at radius 3 is 2.29 bits per heavy atom. The van der Waals surface area contributed by atoms with Crippen LogP contribution in [-0.4, -0.2) is 53.2 Å². The second kappa shape index (κ2) is 10.9. The van der Waals surface area contributed by atoms with E-state index >= 15 is 0 Å². The quantitative estimate of drug-likeness (QED) is 0.540. The summed E-state index contributed by atoms with van der Waals surface area (Å²) in [7, 11) is 0. The van der Waals surface area contributed by atoms with E-state index < -0.39 is 12.1 Å². The predicted octanol–water partition coefficient (Wildman–Crippen LogP) is 4.80. The molecule has 0 heterocycles. The summed E-state index contributed by atoms with van der Waals surface area (Å²) in [5.74, 6) is -0.955. The number of carboxylic acids is 1. The number of hydrogen-bond acceptors (Lipinski definition) is 4. The second-order valence-corrected chi connectivity index (χ2v) is 9.60. The third-order valence-electron chi connectivity index (χ3n) is 7.41. The lowest BCUT2D eigenvalue weighted by atomic mass is 9.98. The molecule has 7 nitrogen and oxygen atoms in total. The third kappa shape index (κ3) is 5.50. The summed E-state index contributed by atoms with van der Waals surface area (Å²) >= 11 is 0. The second-order valence-electron chi connectivity index (χ2n) is 9.60. The van der Waals surface area contributed by atoms with Crippen molar-refractivity contribution in [2.45, 2.75) is 64.0 Å². The maximum Gasteiger partial charge on any atom is 0.407 e. The molecule has 0 saturated heterocycles. The van der Waals surface area contributed by atoms with Crippen LogP contribution < -0.4 is 5.32 Å². The normalized spacial score (nSPS) is 19.5. The van der Waals surface area contributed by atoms with E-state index in [2.05, 4.69) is 29.6 Å². The molecule has 2 aliphatic carbocycles. The van der Waals surface area contributed by atoms with Crippen LogP contribution in [0.1, 0.15) is 63.0 Å². The highest BCUT2D eigenvalue weighted by molar-refractivity contribution is 5.79. The Kier molecular flexibility index (Phi) is 7.73. The van der Waals surface area contributed by atoms with Gasteiger partial charge in [0.15, 0.2) is 0 Å². The largest absolute Gasteiger partial charge is 0.481 e. The third-order valence-corrected chi connectivity index (χ3v) is 7.41. The van der Waals surface area contributed by atoms with E-state index in [-0.39, 0.29) is 42.9 Å². The zero-order valence-electron chi connectivity index (χ0n) is 20.4. The lowest BCUT2D eigenvalue weighted by Gasteiger charge is -2.29. The van der Waals surface area contributed by atoms with Crippen LogP contribution in [0, 0.1) is 5.92 Å².